The van der Waals surface area contributed by atoms with Gasteiger partial charge in [-0.2, -0.15) is 0 Å². The Morgan fingerprint density at radius 2 is 1.03 bits per heavy atom. The zero-order valence-corrected chi connectivity index (χ0v) is 17.9. The van der Waals surface area contributed by atoms with Crippen LogP contribution in [-0.2, 0) is 9.47 Å². The molecule has 0 amide bonds. The van der Waals surface area contributed by atoms with Crippen molar-refractivity contribution in [3.05, 3.63) is 59.7 Å². The van der Waals surface area contributed by atoms with Gasteiger partial charge >= 0.3 is 11.9 Å². The van der Waals surface area contributed by atoms with Gasteiger partial charge in [-0.15, -0.1) is 0 Å². The number of hydrogen-bond acceptors (Lipinski definition) is 6. The summed E-state index contributed by atoms with van der Waals surface area (Å²) in [5.41, 5.74) is 2.88. The second-order valence-electron chi connectivity index (χ2n) is 6.99. The third-order valence-corrected chi connectivity index (χ3v) is 4.51. The standard InChI is InChI=1S/C24H32N2O4/c1-3-5-15-25-21-11-7-19(8-12-21)23(27)29-17-18-30-24(28)20-9-13-22(14-10-20)26-16-6-4-2/h7-14,25-26H,3-6,15-18H2,1-2H3. The summed E-state index contributed by atoms with van der Waals surface area (Å²) in [6, 6.07) is 14.3. The summed E-state index contributed by atoms with van der Waals surface area (Å²) in [6.07, 6.45) is 4.46. The third kappa shape index (κ3) is 8.15. The molecule has 2 aromatic carbocycles. The van der Waals surface area contributed by atoms with Crippen molar-refractivity contribution in [2.75, 3.05) is 36.9 Å². The lowest BCUT2D eigenvalue weighted by atomic mass is 10.2. The number of benzene rings is 2. The van der Waals surface area contributed by atoms with Gasteiger partial charge in [0.25, 0.3) is 0 Å². The summed E-state index contributed by atoms with van der Waals surface area (Å²) in [6.45, 7) is 6.12. The van der Waals surface area contributed by atoms with Gasteiger partial charge in [-0.05, 0) is 61.4 Å². The fourth-order valence-electron chi connectivity index (χ4n) is 2.70. The fourth-order valence-corrected chi connectivity index (χ4v) is 2.70. The van der Waals surface area contributed by atoms with Crippen LogP contribution in [0.4, 0.5) is 11.4 Å². The van der Waals surface area contributed by atoms with E-state index in [1.807, 2.05) is 24.3 Å². The highest BCUT2D eigenvalue weighted by atomic mass is 16.6. The first-order chi connectivity index (χ1) is 14.6. The Kier molecular flexibility index (Phi) is 10.3. The van der Waals surface area contributed by atoms with Gasteiger partial charge < -0.3 is 20.1 Å². The van der Waals surface area contributed by atoms with Crippen molar-refractivity contribution >= 4 is 23.3 Å². The highest BCUT2D eigenvalue weighted by molar-refractivity contribution is 5.90. The summed E-state index contributed by atoms with van der Waals surface area (Å²) in [5.74, 6) is -0.873. The highest BCUT2D eigenvalue weighted by Gasteiger charge is 2.10. The second kappa shape index (κ2) is 13.2. The molecule has 0 fully saturated rings. The van der Waals surface area contributed by atoms with E-state index >= 15 is 0 Å². The van der Waals surface area contributed by atoms with Crippen LogP contribution in [0.5, 0.6) is 0 Å². The molecule has 0 heterocycles. The normalized spacial score (nSPS) is 10.3. The van der Waals surface area contributed by atoms with Gasteiger partial charge in [0.1, 0.15) is 13.2 Å². The Bertz CT molecular complexity index is 705. The number of carbonyl (C=O) groups excluding carboxylic acids is 2. The van der Waals surface area contributed by atoms with Gasteiger partial charge in [-0.3, -0.25) is 0 Å². The van der Waals surface area contributed by atoms with E-state index in [2.05, 4.69) is 24.5 Å². The predicted molar refractivity (Wildman–Crippen MR) is 120 cm³/mol. The average Bonchev–Trinajstić information content (AvgIpc) is 2.77. The molecule has 0 aliphatic heterocycles. The van der Waals surface area contributed by atoms with Crippen molar-refractivity contribution in [1.82, 2.24) is 0 Å². The van der Waals surface area contributed by atoms with E-state index in [9.17, 15) is 9.59 Å². The molecular formula is C24H32N2O4. The second-order valence-corrected chi connectivity index (χ2v) is 6.99. The summed E-state index contributed by atoms with van der Waals surface area (Å²) in [5, 5.41) is 6.59. The van der Waals surface area contributed by atoms with Crippen LogP contribution >= 0.6 is 0 Å². The maximum absolute atomic E-state index is 12.1. The first kappa shape index (κ1) is 23.3. The number of ether oxygens (including phenoxy) is 2. The molecule has 0 spiro atoms. The molecule has 2 aromatic rings. The first-order valence-electron chi connectivity index (χ1n) is 10.7. The number of carbonyl (C=O) groups is 2. The SMILES string of the molecule is CCCCNc1ccc(C(=O)OCCOC(=O)c2ccc(NCCCC)cc2)cc1. The lowest BCUT2D eigenvalue weighted by molar-refractivity contribution is 0.0265. The van der Waals surface area contributed by atoms with Crippen LogP contribution in [0.2, 0.25) is 0 Å². The third-order valence-electron chi connectivity index (χ3n) is 4.51. The quantitative estimate of drug-likeness (QED) is 0.351. The molecule has 2 rings (SSSR count). The number of rotatable bonds is 13. The highest BCUT2D eigenvalue weighted by Crippen LogP contribution is 2.12. The molecule has 0 radical (unpaired) electrons. The van der Waals surface area contributed by atoms with Crippen LogP contribution in [0.25, 0.3) is 0 Å². The molecular weight excluding hydrogens is 380 g/mol. The number of unbranched alkanes of at least 4 members (excludes halogenated alkanes) is 2. The maximum Gasteiger partial charge on any atom is 0.338 e. The van der Waals surface area contributed by atoms with E-state index in [0.29, 0.717) is 11.1 Å². The monoisotopic (exact) mass is 412 g/mol. The van der Waals surface area contributed by atoms with Crippen LogP contribution in [0.15, 0.2) is 48.5 Å². The van der Waals surface area contributed by atoms with Gasteiger partial charge in [-0.1, -0.05) is 26.7 Å². The molecule has 6 heteroatoms. The van der Waals surface area contributed by atoms with E-state index in [-0.39, 0.29) is 13.2 Å². The lowest BCUT2D eigenvalue weighted by Crippen LogP contribution is -2.14. The molecule has 0 saturated carbocycles. The Morgan fingerprint density at radius 3 is 1.37 bits per heavy atom. The van der Waals surface area contributed by atoms with Crippen LogP contribution < -0.4 is 10.6 Å². The minimum Gasteiger partial charge on any atom is -0.458 e. The van der Waals surface area contributed by atoms with Crippen LogP contribution in [0, 0.1) is 0 Å². The molecule has 162 valence electrons. The van der Waals surface area contributed by atoms with E-state index in [0.717, 1.165) is 50.1 Å². The van der Waals surface area contributed by atoms with Crippen LogP contribution in [0.3, 0.4) is 0 Å². The van der Waals surface area contributed by atoms with Crippen molar-refractivity contribution in [1.29, 1.82) is 0 Å². The molecule has 0 atom stereocenters. The predicted octanol–water partition coefficient (Wildman–Crippen LogP) is 5.12. The number of esters is 2. The molecule has 0 saturated heterocycles. The number of anilines is 2. The Labute approximate surface area is 179 Å². The molecule has 30 heavy (non-hydrogen) atoms. The topological polar surface area (TPSA) is 76.7 Å². The van der Waals surface area contributed by atoms with E-state index in [1.165, 1.54) is 0 Å². The smallest absolute Gasteiger partial charge is 0.338 e. The lowest BCUT2D eigenvalue weighted by Gasteiger charge is -2.09. The minimum atomic E-state index is -0.436. The van der Waals surface area contributed by atoms with Gasteiger partial charge in [0, 0.05) is 24.5 Å². The van der Waals surface area contributed by atoms with Gasteiger partial charge in [0.15, 0.2) is 0 Å². The largest absolute Gasteiger partial charge is 0.458 e. The zero-order valence-electron chi connectivity index (χ0n) is 17.9. The Morgan fingerprint density at radius 1 is 0.667 bits per heavy atom. The summed E-state index contributed by atoms with van der Waals surface area (Å²) >= 11 is 0. The van der Waals surface area contributed by atoms with E-state index < -0.39 is 11.9 Å². The molecule has 0 aliphatic carbocycles. The molecule has 0 aliphatic rings. The van der Waals surface area contributed by atoms with E-state index in [1.54, 1.807) is 24.3 Å². The number of nitrogens with one attached hydrogen (secondary N) is 2. The summed E-state index contributed by atoms with van der Waals surface area (Å²) in [7, 11) is 0. The number of hydrogen-bond donors (Lipinski definition) is 2. The molecule has 6 nitrogen and oxygen atoms in total. The van der Waals surface area contributed by atoms with Crippen molar-refractivity contribution in [2.45, 2.75) is 39.5 Å². The molecule has 0 aromatic heterocycles. The van der Waals surface area contributed by atoms with Gasteiger partial charge in [0.05, 0.1) is 11.1 Å². The molecule has 0 bridgehead atoms. The minimum absolute atomic E-state index is 0.0116. The average molecular weight is 413 g/mol. The van der Waals surface area contributed by atoms with Crippen LogP contribution in [0.1, 0.15) is 60.2 Å². The van der Waals surface area contributed by atoms with Crippen molar-refractivity contribution in [3.63, 3.8) is 0 Å². The van der Waals surface area contributed by atoms with Crippen molar-refractivity contribution in [2.24, 2.45) is 0 Å². The van der Waals surface area contributed by atoms with E-state index in [4.69, 9.17) is 9.47 Å². The summed E-state index contributed by atoms with van der Waals surface area (Å²) in [4.78, 5) is 24.2. The molecule has 2 N–H and O–H groups in total. The van der Waals surface area contributed by atoms with Crippen molar-refractivity contribution < 1.29 is 19.1 Å². The van der Waals surface area contributed by atoms with Crippen molar-refractivity contribution in [3.8, 4) is 0 Å². The van der Waals surface area contributed by atoms with Gasteiger partial charge in [0.2, 0.25) is 0 Å². The summed E-state index contributed by atoms with van der Waals surface area (Å²) < 4.78 is 10.4. The maximum atomic E-state index is 12.1. The first-order valence-corrected chi connectivity index (χ1v) is 10.7. The van der Waals surface area contributed by atoms with Crippen LogP contribution in [-0.4, -0.2) is 38.2 Å². The Hall–Kier alpha value is -3.02. The molecule has 0 unspecified atom stereocenters. The van der Waals surface area contributed by atoms with Gasteiger partial charge in [-0.25, -0.2) is 9.59 Å². The zero-order chi connectivity index (χ0) is 21.6. The Balaban J connectivity index is 1.68. The fraction of sp³-hybridized carbons (Fsp3) is 0.417.